The molecule has 1 nitrogen and oxygen atoms in total. The van der Waals surface area contributed by atoms with Crippen molar-refractivity contribution in [3.63, 3.8) is 0 Å². The fourth-order valence-electron chi connectivity index (χ4n) is 1.49. The van der Waals surface area contributed by atoms with Crippen LogP contribution in [-0.2, 0) is 10.3 Å². The molecule has 0 radical (unpaired) electrons. The van der Waals surface area contributed by atoms with Gasteiger partial charge < -0.3 is 4.74 Å². The summed E-state index contributed by atoms with van der Waals surface area (Å²) in [6.07, 6.45) is 4.18. The normalized spacial score (nSPS) is 27.8. The molecule has 0 aromatic heterocycles. The summed E-state index contributed by atoms with van der Waals surface area (Å²) in [5.41, 5.74) is 1.03. The predicted molar refractivity (Wildman–Crippen MR) is 48.9 cm³/mol. The van der Waals surface area contributed by atoms with Crippen molar-refractivity contribution in [1.29, 1.82) is 0 Å². The van der Waals surface area contributed by atoms with E-state index < -0.39 is 0 Å². The second-order valence-corrected chi connectivity index (χ2v) is 3.19. The maximum Gasteiger partial charge on any atom is 0.109 e. The zero-order chi connectivity index (χ0) is 8.44. The summed E-state index contributed by atoms with van der Waals surface area (Å²) in [7, 11) is 0. The average Bonchev–Trinajstić information content (AvgIpc) is 2.55. The third kappa shape index (κ3) is 1.16. The van der Waals surface area contributed by atoms with Gasteiger partial charge in [-0.1, -0.05) is 42.5 Å². The van der Waals surface area contributed by atoms with E-state index in [0.29, 0.717) is 0 Å². The van der Waals surface area contributed by atoms with E-state index in [1.165, 1.54) is 5.56 Å². The smallest absolute Gasteiger partial charge is 0.109 e. The molecule has 0 fully saturated rings. The highest BCUT2D eigenvalue weighted by molar-refractivity contribution is 5.28. The molecule has 0 spiro atoms. The summed E-state index contributed by atoms with van der Waals surface area (Å²) < 4.78 is 5.62. The van der Waals surface area contributed by atoms with Crippen LogP contribution in [0.1, 0.15) is 12.5 Å². The largest absolute Gasteiger partial charge is 0.362 e. The fourth-order valence-corrected chi connectivity index (χ4v) is 1.49. The zero-order valence-electron chi connectivity index (χ0n) is 7.16. The number of rotatable bonds is 1. The maximum atomic E-state index is 5.62. The average molecular weight is 160 g/mol. The summed E-state index contributed by atoms with van der Waals surface area (Å²) >= 11 is 0. The van der Waals surface area contributed by atoms with Crippen molar-refractivity contribution in [2.24, 2.45) is 0 Å². The van der Waals surface area contributed by atoms with Crippen molar-refractivity contribution in [3.05, 3.63) is 48.0 Å². The van der Waals surface area contributed by atoms with Gasteiger partial charge in [0, 0.05) is 0 Å². The van der Waals surface area contributed by atoms with Gasteiger partial charge in [0.1, 0.15) is 5.60 Å². The van der Waals surface area contributed by atoms with Gasteiger partial charge in [0.25, 0.3) is 0 Å². The minimum Gasteiger partial charge on any atom is -0.362 e. The van der Waals surface area contributed by atoms with Gasteiger partial charge in [-0.2, -0.15) is 0 Å². The Hall–Kier alpha value is -1.08. The first-order valence-electron chi connectivity index (χ1n) is 4.18. The molecule has 0 amide bonds. The molecular weight excluding hydrogens is 148 g/mol. The van der Waals surface area contributed by atoms with Crippen molar-refractivity contribution in [2.45, 2.75) is 12.5 Å². The van der Waals surface area contributed by atoms with Crippen LogP contribution in [0, 0.1) is 0 Å². The van der Waals surface area contributed by atoms with E-state index in [1.807, 2.05) is 18.2 Å². The van der Waals surface area contributed by atoms with Crippen molar-refractivity contribution < 1.29 is 4.74 Å². The van der Waals surface area contributed by atoms with Crippen LogP contribution < -0.4 is 0 Å². The lowest BCUT2D eigenvalue weighted by Crippen LogP contribution is -2.18. The van der Waals surface area contributed by atoms with Crippen LogP contribution in [0.5, 0.6) is 0 Å². The minimum atomic E-state index is -0.193. The van der Waals surface area contributed by atoms with Crippen LogP contribution >= 0.6 is 0 Å². The second kappa shape index (κ2) is 2.76. The quantitative estimate of drug-likeness (QED) is 0.573. The summed E-state index contributed by atoms with van der Waals surface area (Å²) in [6.45, 7) is 2.82. The van der Waals surface area contributed by atoms with E-state index in [4.69, 9.17) is 4.74 Å². The summed E-state index contributed by atoms with van der Waals surface area (Å²) in [5, 5.41) is 0. The monoisotopic (exact) mass is 160 g/mol. The Morgan fingerprint density at radius 1 is 1.25 bits per heavy atom. The van der Waals surface area contributed by atoms with Gasteiger partial charge in [-0.3, -0.25) is 0 Å². The second-order valence-electron chi connectivity index (χ2n) is 3.19. The lowest BCUT2D eigenvalue weighted by molar-refractivity contribution is 0.0390. The van der Waals surface area contributed by atoms with Gasteiger partial charge in [0.2, 0.25) is 0 Å². The minimum absolute atomic E-state index is 0.193. The standard InChI is InChI=1S/C11H12O/c1-11(8-5-9-12-11)10-6-3-2-4-7-10/h2-8H,9H2,1H3/t11-/m1/s1. The zero-order valence-corrected chi connectivity index (χ0v) is 7.16. The van der Waals surface area contributed by atoms with Crippen molar-refractivity contribution in [1.82, 2.24) is 0 Å². The van der Waals surface area contributed by atoms with Crippen molar-refractivity contribution >= 4 is 0 Å². The molecule has 1 aromatic rings. The highest BCUT2D eigenvalue weighted by Crippen LogP contribution is 2.29. The van der Waals surface area contributed by atoms with E-state index in [-0.39, 0.29) is 5.60 Å². The molecule has 0 unspecified atom stereocenters. The SMILES string of the molecule is C[C@]1(c2ccccc2)C=CCO1. The Labute approximate surface area is 72.7 Å². The molecule has 0 N–H and O–H groups in total. The molecule has 1 atom stereocenters. The molecule has 1 aliphatic heterocycles. The highest BCUT2D eigenvalue weighted by Gasteiger charge is 2.26. The molecule has 1 heterocycles. The van der Waals surface area contributed by atoms with Crippen LogP contribution in [0.25, 0.3) is 0 Å². The van der Waals surface area contributed by atoms with Crippen LogP contribution in [0.4, 0.5) is 0 Å². The first kappa shape index (κ1) is 7.56. The Morgan fingerprint density at radius 3 is 2.58 bits per heavy atom. The van der Waals surface area contributed by atoms with Crippen molar-refractivity contribution in [3.8, 4) is 0 Å². The van der Waals surface area contributed by atoms with Crippen molar-refractivity contribution in [2.75, 3.05) is 6.61 Å². The van der Waals surface area contributed by atoms with Gasteiger partial charge in [-0.25, -0.2) is 0 Å². The molecule has 0 bridgehead atoms. The summed E-state index contributed by atoms with van der Waals surface area (Å²) in [5.74, 6) is 0. The molecule has 1 aromatic carbocycles. The van der Waals surface area contributed by atoms with Gasteiger partial charge in [0.15, 0.2) is 0 Å². The van der Waals surface area contributed by atoms with Gasteiger partial charge >= 0.3 is 0 Å². The van der Waals surface area contributed by atoms with Gasteiger partial charge in [0.05, 0.1) is 6.61 Å². The van der Waals surface area contributed by atoms with Gasteiger partial charge in [-0.15, -0.1) is 0 Å². The van der Waals surface area contributed by atoms with E-state index in [9.17, 15) is 0 Å². The topological polar surface area (TPSA) is 9.23 Å². The van der Waals surface area contributed by atoms with Crippen LogP contribution in [0.2, 0.25) is 0 Å². The number of ether oxygens (including phenoxy) is 1. The van der Waals surface area contributed by atoms with Gasteiger partial charge in [-0.05, 0) is 12.5 Å². The molecule has 2 rings (SSSR count). The molecule has 0 saturated carbocycles. The molecular formula is C11H12O. The van der Waals surface area contributed by atoms with E-state index in [2.05, 4.69) is 31.2 Å². The third-order valence-corrected chi connectivity index (χ3v) is 2.26. The molecule has 62 valence electrons. The Bertz CT molecular complexity index is 289. The molecule has 1 aliphatic rings. The molecule has 12 heavy (non-hydrogen) atoms. The molecule has 1 heteroatoms. The lowest BCUT2D eigenvalue weighted by Gasteiger charge is -2.21. The molecule has 0 saturated heterocycles. The number of benzene rings is 1. The van der Waals surface area contributed by atoms with Crippen LogP contribution in [0.3, 0.4) is 0 Å². The summed E-state index contributed by atoms with van der Waals surface area (Å²) in [4.78, 5) is 0. The fraction of sp³-hybridized carbons (Fsp3) is 0.273. The number of hydrogen-bond donors (Lipinski definition) is 0. The highest BCUT2D eigenvalue weighted by atomic mass is 16.5. The first-order chi connectivity index (χ1) is 5.81. The predicted octanol–water partition coefficient (Wildman–Crippen LogP) is 2.49. The van der Waals surface area contributed by atoms with Crippen LogP contribution in [-0.4, -0.2) is 6.61 Å². The Morgan fingerprint density at radius 2 is 2.00 bits per heavy atom. The Kier molecular flexibility index (Phi) is 1.74. The number of hydrogen-bond acceptors (Lipinski definition) is 1. The van der Waals surface area contributed by atoms with E-state index in [0.717, 1.165) is 6.61 Å². The first-order valence-corrected chi connectivity index (χ1v) is 4.18. The van der Waals surface area contributed by atoms with E-state index >= 15 is 0 Å². The lowest BCUT2D eigenvalue weighted by atomic mass is 9.97. The molecule has 0 aliphatic carbocycles. The summed E-state index contributed by atoms with van der Waals surface area (Å²) in [6, 6.07) is 10.3. The van der Waals surface area contributed by atoms with Crippen LogP contribution in [0.15, 0.2) is 42.5 Å². The third-order valence-electron chi connectivity index (χ3n) is 2.26. The Balaban J connectivity index is 2.36. The van der Waals surface area contributed by atoms with E-state index in [1.54, 1.807) is 0 Å². The maximum absolute atomic E-state index is 5.62.